The molecule has 2 rings (SSSR count). The molecule has 1 fully saturated rings. The molecule has 1 saturated heterocycles. The molecule has 1 amide bonds. The Kier molecular flexibility index (Phi) is 3.75. The van der Waals surface area contributed by atoms with E-state index in [1.54, 1.807) is 0 Å². The molecule has 1 atom stereocenters. The van der Waals surface area contributed by atoms with Crippen LogP contribution >= 0.6 is 0 Å². The van der Waals surface area contributed by atoms with E-state index < -0.39 is 35.1 Å². The van der Waals surface area contributed by atoms with Crippen LogP contribution in [-0.2, 0) is 4.79 Å². The van der Waals surface area contributed by atoms with Crippen molar-refractivity contribution in [2.24, 2.45) is 0 Å². The fourth-order valence-corrected chi connectivity index (χ4v) is 1.94. The van der Waals surface area contributed by atoms with Crippen LogP contribution in [0.5, 0.6) is 0 Å². The van der Waals surface area contributed by atoms with Crippen LogP contribution in [0.15, 0.2) is 12.1 Å². The van der Waals surface area contributed by atoms with Crippen LogP contribution in [0.2, 0.25) is 0 Å². The van der Waals surface area contributed by atoms with Crippen LogP contribution < -0.4 is 10.6 Å². The molecule has 3 N–H and O–H groups in total. The zero-order valence-corrected chi connectivity index (χ0v) is 9.87. The molecular weight excluding hydrogens is 258 g/mol. The van der Waals surface area contributed by atoms with Crippen molar-refractivity contribution < 1.29 is 23.5 Å². The maximum atomic E-state index is 13.5. The Bertz CT molecular complexity index is 528. The molecule has 7 heteroatoms. The standard InChI is InChI=1S/C12H12F2N2O3/c13-7-5-8(14)10(4-6(7)12(18)19)16-11(17)9-2-1-3-15-9/h4-5,9,15H,1-3H2,(H,16,17)(H,18,19). The van der Waals surface area contributed by atoms with Crippen molar-refractivity contribution in [2.45, 2.75) is 18.9 Å². The van der Waals surface area contributed by atoms with Gasteiger partial charge in [-0.15, -0.1) is 0 Å². The Morgan fingerprint density at radius 1 is 1.32 bits per heavy atom. The molecule has 0 bridgehead atoms. The molecule has 1 aliphatic heterocycles. The lowest BCUT2D eigenvalue weighted by Gasteiger charge is -2.12. The first-order valence-corrected chi connectivity index (χ1v) is 5.75. The van der Waals surface area contributed by atoms with Crippen LogP contribution in [-0.4, -0.2) is 29.6 Å². The maximum Gasteiger partial charge on any atom is 0.338 e. The lowest BCUT2D eigenvalue weighted by Crippen LogP contribution is -2.35. The lowest BCUT2D eigenvalue weighted by atomic mass is 10.1. The summed E-state index contributed by atoms with van der Waals surface area (Å²) in [6.07, 6.45) is 1.46. The summed E-state index contributed by atoms with van der Waals surface area (Å²) in [5.74, 6) is -4.16. The fourth-order valence-electron chi connectivity index (χ4n) is 1.94. The molecule has 1 aromatic carbocycles. The van der Waals surface area contributed by atoms with Crippen molar-refractivity contribution in [1.29, 1.82) is 0 Å². The van der Waals surface area contributed by atoms with Gasteiger partial charge in [0.1, 0.15) is 11.6 Å². The van der Waals surface area contributed by atoms with E-state index in [2.05, 4.69) is 10.6 Å². The fraction of sp³-hybridized carbons (Fsp3) is 0.333. The second-order valence-electron chi connectivity index (χ2n) is 4.26. The summed E-state index contributed by atoms with van der Waals surface area (Å²) < 4.78 is 26.6. The highest BCUT2D eigenvalue weighted by Gasteiger charge is 2.24. The largest absolute Gasteiger partial charge is 0.478 e. The number of halogens is 2. The van der Waals surface area contributed by atoms with Crippen molar-refractivity contribution in [3.8, 4) is 0 Å². The molecule has 0 aliphatic carbocycles. The van der Waals surface area contributed by atoms with E-state index in [1.807, 2.05) is 0 Å². The summed E-state index contributed by atoms with van der Waals surface area (Å²) >= 11 is 0. The van der Waals surface area contributed by atoms with Gasteiger partial charge in [-0.1, -0.05) is 0 Å². The number of carbonyl (C=O) groups is 2. The number of anilines is 1. The number of rotatable bonds is 3. The van der Waals surface area contributed by atoms with Gasteiger partial charge in [0.2, 0.25) is 5.91 Å². The van der Waals surface area contributed by atoms with Crippen molar-refractivity contribution in [3.63, 3.8) is 0 Å². The number of nitrogens with one attached hydrogen (secondary N) is 2. The van der Waals surface area contributed by atoms with E-state index in [4.69, 9.17) is 5.11 Å². The topological polar surface area (TPSA) is 78.4 Å². The summed E-state index contributed by atoms with van der Waals surface area (Å²) in [5.41, 5.74) is -1.02. The molecule has 19 heavy (non-hydrogen) atoms. The monoisotopic (exact) mass is 270 g/mol. The average Bonchev–Trinajstić information content (AvgIpc) is 2.85. The molecule has 1 unspecified atom stereocenters. The van der Waals surface area contributed by atoms with Crippen molar-refractivity contribution in [2.75, 3.05) is 11.9 Å². The molecule has 102 valence electrons. The van der Waals surface area contributed by atoms with Gasteiger partial charge < -0.3 is 15.7 Å². The first-order valence-electron chi connectivity index (χ1n) is 5.75. The van der Waals surface area contributed by atoms with E-state index in [1.165, 1.54) is 0 Å². The van der Waals surface area contributed by atoms with E-state index in [0.29, 0.717) is 19.0 Å². The Morgan fingerprint density at radius 3 is 2.63 bits per heavy atom. The van der Waals surface area contributed by atoms with Gasteiger partial charge in [0.05, 0.1) is 17.3 Å². The summed E-state index contributed by atoms with van der Waals surface area (Å²) in [7, 11) is 0. The van der Waals surface area contributed by atoms with Gasteiger partial charge in [0, 0.05) is 6.07 Å². The highest BCUT2D eigenvalue weighted by Crippen LogP contribution is 2.20. The molecule has 1 aromatic rings. The molecule has 0 saturated carbocycles. The number of hydrogen-bond acceptors (Lipinski definition) is 3. The van der Waals surface area contributed by atoms with Gasteiger partial charge >= 0.3 is 5.97 Å². The Balaban J connectivity index is 2.21. The number of carboxylic acids is 1. The third-order valence-corrected chi connectivity index (χ3v) is 2.92. The van der Waals surface area contributed by atoms with Gasteiger partial charge in [-0.25, -0.2) is 13.6 Å². The number of amides is 1. The van der Waals surface area contributed by atoms with Crippen LogP contribution in [0.4, 0.5) is 14.5 Å². The molecule has 0 spiro atoms. The normalized spacial score (nSPS) is 18.3. The molecule has 1 heterocycles. The zero-order chi connectivity index (χ0) is 14.0. The molecule has 0 radical (unpaired) electrons. The van der Waals surface area contributed by atoms with Crippen LogP contribution in [0.25, 0.3) is 0 Å². The minimum Gasteiger partial charge on any atom is -0.478 e. The van der Waals surface area contributed by atoms with Gasteiger partial charge in [-0.05, 0) is 25.5 Å². The summed E-state index contributed by atoms with van der Waals surface area (Å²) in [4.78, 5) is 22.5. The van der Waals surface area contributed by atoms with Gasteiger partial charge in [0.25, 0.3) is 0 Å². The first-order chi connectivity index (χ1) is 8.99. The van der Waals surface area contributed by atoms with Gasteiger partial charge in [0.15, 0.2) is 0 Å². The van der Waals surface area contributed by atoms with E-state index >= 15 is 0 Å². The van der Waals surface area contributed by atoms with Crippen LogP contribution in [0.1, 0.15) is 23.2 Å². The third kappa shape index (κ3) is 2.87. The lowest BCUT2D eigenvalue weighted by molar-refractivity contribution is -0.117. The maximum absolute atomic E-state index is 13.5. The van der Waals surface area contributed by atoms with E-state index in [-0.39, 0.29) is 5.69 Å². The van der Waals surface area contributed by atoms with Crippen LogP contribution in [0.3, 0.4) is 0 Å². The molecule has 1 aliphatic rings. The SMILES string of the molecule is O=C(O)c1cc(NC(=O)C2CCCN2)c(F)cc1F. The Morgan fingerprint density at radius 2 is 2.05 bits per heavy atom. The second kappa shape index (κ2) is 5.31. The highest BCUT2D eigenvalue weighted by molar-refractivity contribution is 5.97. The second-order valence-corrected chi connectivity index (χ2v) is 4.26. The minimum absolute atomic E-state index is 0.336. The van der Waals surface area contributed by atoms with E-state index in [9.17, 15) is 18.4 Å². The van der Waals surface area contributed by atoms with Crippen molar-refractivity contribution in [3.05, 3.63) is 29.3 Å². The Labute approximate surface area is 107 Å². The number of benzene rings is 1. The average molecular weight is 270 g/mol. The smallest absolute Gasteiger partial charge is 0.338 e. The zero-order valence-electron chi connectivity index (χ0n) is 9.87. The summed E-state index contributed by atoms with van der Waals surface area (Å²) in [5, 5.41) is 13.9. The van der Waals surface area contributed by atoms with Crippen LogP contribution in [0, 0.1) is 11.6 Å². The molecular formula is C12H12F2N2O3. The first kappa shape index (κ1) is 13.4. The summed E-state index contributed by atoms with van der Waals surface area (Å²) in [6.45, 7) is 0.699. The molecule has 0 aromatic heterocycles. The molecule has 5 nitrogen and oxygen atoms in total. The van der Waals surface area contributed by atoms with E-state index in [0.717, 1.165) is 12.5 Å². The Hall–Kier alpha value is -2.02. The third-order valence-electron chi connectivity index (χ3n) is 2.92. The predicted octanol–water partition coefficient (Wildman–Crippen LogP) is 1.35. The number of carbonyl (C=O) groups excluding carboxylic acids is 1. The number of aromatic carboxylic acids is 1. The van der Waals surface area contributed by atoms with Crippen molar-refractivity contribution >= 4 is 17.6 Å². The predicted molar refractivity (Wildman–Crippen MR) is 63.0 cm³/mol. The quantitative estimate of drug-likeness (QED) is 0.774. The number of carboxylic acid groups (broad SMARTS) is 1. The van der Waals surface area contributed by atoms with Gasteiger partial charge in [-0.2, -0.15) is 0 Å². The minimum atomic E-state index is -1.52. The summed E-state index contributed by atoms with van der Waals surface area (Å²) in [6, 6.07) is 0.791. The number of hydrogen-bond donors (Lipinski definition) is 3. The highest BCUT2D eigenvalue weighted by atomic mass is 19.1. The van der Waals surface area contributed by atoms with Gasteiger partial charge in [-0.3, -0.25) is 4.79 Å². The van der Waals surface area contributed by atoms with Crippen molar-refractivity contribution in [1.82, 2.24) is 5.32 Å².